The second-order valence-corrected chi connectivity index (χ2v) is 7.27. The van der Waals surface area contributed by atoms with Gasteiger partial charge in [-0.05, 0) is 37.3 Å². The summed E-state index contributed by atoms with van der Waals surface area (Å²) in [5.41, 5.74) is 6.99. The number of anilines is 1. The lowest BCUT2D eigenvalue weighted by molar-refractivity contribution is 0.227. The molecule has 3 rings (SSSR count). The lowest BCUT2D eigenvalue weighted by Gasteiger charge is -2.19. The Hall–Kier alpha value is -2.33. The number of aromatic nitrogens is 1. The van der Waals surface area contributed by atoms with Crippen LogP contribution in [-0.4, -0.2) is 4.98 Å². The van der Waals surface area contributed by atoms with Crippen molar-refractivity contribution < 1.29 is 9.13 Å². The maximum atomic E-state index is 13.8. The summed E-state index contributed by atoms with van der Waals surface area (Å²) in [4.78, 5) is 5.58. The Kier molecular flexibility index (Phi) is 5.33. The molecule has 1 aromatic carbocycles. The monoisotopic (exact) mass is 407 g/mol. The van der Waals surface area contributed by atoms with Gasteiger partial charge in [-0.2, -0.15) is 5.26 Å². The summed E-state index contributed by atoms with van der Waals surface area (Å²) < 4.78 is 19.6. The predicted molar refractivity (Wildman–Crippen MR) is 102 cm³/mol. The van der Waals surface area contributed by atoms with Gasteiger partial charge in [-0.25, -0.2) is 9.37 Å². The number of nitriles is 1. The number of pyridine rings is 1. The third kappa shape index (κ3) is 3.61. The molecule has 1 atom stereocenters. The van der Waals surface area contributed by atoms with Crippen LogP contribution < -0.4 is 10.5 Å². The van der Waals surface area contributed by atoms with Crippen LogP contribution in [0.5, 0.6) is 5.75 Å². The molecule has 0 aliphatic rings. The van der Waals surface area contributed by atoms with Gasteiger partial charge in [-0.1, -0.05) is 23.2 Å². The average Bonchev–Trinajstić information content (AvgIpc) is 3.09. The highest BCUT2D eigenvalue weighted by atomic mass is 35.5. The number of hydrogen-bond donors (Lipinski definition) is 1. The van der Waals surface area contributed by atoms with E-state index in [1.54, 1.807) is 25.3 Å². The van der Waals surface area contributed by atoms with Crippen molar-refractivity contribution in [1.82, 2.24) is 4.98 Å². The van der Waals surface area contributed by atoms with Gasteiger partial charge in [0, 0.05) is 27.2 Å². The SMILES string of the molecule is C[C@@H](Oc1cc(-c2ccc(C#N)s2)cnc1N)c1c(Cl)ccc(F)c1Cl. The van der Waals surface area contributed by atoms with E-state index in [1.807, 2.05) is 6.07 Å². The van der Waals surface area contributed by atoms with Crippen LogP contribution in [0.2, 0.25) is 10.0 Å². The van der Waals surface area contributed by atoms with Crippen LogP contribution in [0.25, 0.3) is 10.4 Å². The fourth-order valence-electron chi connectivity index (χ4n) is 2.40. The van der Waals surface area contributed by atoms with Crippen LogP contribution in [0, 0.1) is 17.1 Å². The molecule has 2 aromatic heterocycles. The Morgan fingerprint density at radius 2 is 2.08 bits per heavy atom. The van der Waals surface area contributed by atoms with Crippen molar-refractivity contribution in [1.29, 1.82) is 5.26 Å². The summed E-state index contributed by atoms with van der Waals surface area (Å²) in [7, 11) is 0. The first-order valence-electron chi connectivity index (χ1n) is 7.46. The quantitative estimate of drug-likeness (QED) is 0.550. The first-order valence-corrected chi connectivity index (χ1v) is 9.03. The lowest BCUT2D eigenvalue weighted by Crippen LogP contribution is -2.08. The predicted octanol–water partition coefficient (Wildman–Crippen LogP) is 5.85. The number of nitrogens with zero attached hydrogens (tertiary/aromatic N) is 2. The zero-order chi connectivity index (χ0) is 18.8. The van der Waals surface area contributed by atoms with Crippen LogP contribution in [0.3, 0.4) is 0 Å². The van der Waals surface area contributed by atoms with Crippen LogP contribution in [0.1, 0.15) is 23.5 Å². The van der Waals surface area contributed by atoms with E-state index in [2.05, 4.69) is 11.1 Å². The number of benzene rings is 1. The molecule has 3 aromatic rings. The van der Waals surface area contributed by atoms with Gasteiger partial charge in [-0.3, -0.25) is 0 Å². The second kappa shape index (κ2) is 7.50. The van der Waals surface area contributed by atoms with E-state index >= 15 is 0 Å². The van der Waals surface area contributed by atoms with Gasteiger partial charge < -0.3 is 10.5 Å². The molecule has 0 radical (unpaired) electrons. The van der Waals surface area contributed by atoms with E-state index < -0.39 is 11.9 Å². The van der Waals surface area contributed by atoms with Crippen LogP contribution in [0.4, 0.5) is 10.2 Å². The van der Waals surface area contributed by atoms with Gasteiger partial charge >= 0.3 is 0 Å². The van der Waals surface area contributed by atoms with Crippen LogP contribution >= 0.6 is 34.5 Å². The Bertz CT molecular complexity index is 1020. The molecular formula is C18H12Cl2FN3OS. The number of nitrogens with two attached hydrogens (primary N) is 1. The van der Waals surface area contributed by atoms with E-state index in [0.717, 1.165) is 10.4 Å². The second-order valence-electron chi connectivity index (χ2n) is 5.40. The number of ether oxygens (including phenoxy) is 1. The topological polar surface area (TPSA) is 71.9 Å². The fraction of sp³-hybridized carbons (Fsp3) is 0.111. The largest absolute Gasteiger partial charge is 0.482 e. The van der Waals surface area contributed by atoms with Gasteiger partial charge in [-0.15, -0.1) is 11.3 Å². The van der Waals surface area contributed by atoms with E-state index in [1.165, 1.54) is 23.5 Å². The number of halogens is 3. The van der Waals surface area contributed by atoms with Crippen molar-refractivity contribution in [2.75, 3.05) is 5.73 Å². The molecule has 0 aliphatic heterocycles. The summed E-state index contributed by atoms with van der Waals surface area (Å²) in [6.45, 7) is 1.69. The molecule has 4 nitrogen and oxygen atoms in total. The van der Waals surface area contributed by atoms with Crippen LogP contribution in [0.15, 0.2) is 36.5 Å². The molecular weight excluding hydrogens is 396 g/mol. The maximum Gasteiger partial charge on any atom is 0.166 e. The minimum atomic E-state index is -0.650. The van der Waals surface area contributed by atoms with Crippen molar-refractivity contribution in [3.63, 3.8) is 0 Å². The van der Waals surface area contributed by atoms with Crippen molar-refractivity contribution in [3.8, 4) is 22.3 Å². The first-order chi connectivity index (χ1) is 12.4. The van der Waals surface area contributed by atoms with Crippen molar-refractivity contribution >= 4 is 40.4 Å². The highest BCUT2D eigenvalue weighted by Gasteiger charge is 2.20. The molecule has 0 fully saturated rings. The standard InChI is InChI=1S/C18H12Cl2FN3OS/c1-9(16-12(19)3-4-13(21)17(16)20)25-14-6-10(8-24-18(14)23)15-5-2-11(7-22)26-15/h2-6,8-9H,1H3,(H2,23,24)/t9-/m1/s1. The van der Waals surface area contributed by atoms with Crippen LogP contribution in [-0.2, 0) is 0 Å². The number of thiophene rings is 1. The molecule has 0 aliphatic carbocycles. The number of hydrogen-bond acceptors (Lipinski definition) is 5. The van der Waals surface area contributed by atoms with Crippen molar-refractivity contribution in [3.05, 3.63) is 62.8 Å². The number of rotatable bonds is 4. The van der Waals surface area contributed by atoms with E-state index in [-0.39, 0.29) is 10.8 Å². The Morgan fingerprint density at radius 1 is 1.31 bits per heavy atom. The molecule has 132 valence electrons. The third-order valence-corrected chi connectivity index (χ3v) is 5.42. The number of nitrogen functional groups attached to an aromatic ring is 1. The Balaban J connectivity index is 1.94. The third-order valence-electron chi connectivity index (χ3n) is 3.67. The summed E-state index contributed by atoms with van der Waals surface area (Å²) in [5.74, 6) is -0.0800. The smallest absolute Gasteiger partial charge is 0.166 e. The molecule has 0 saturated carbocycles. The zero-order valence-corrected chi connectivity index (χ0v) is 15.8. The van der Waals surface area contributed by atoms with Gasteiger partial charge in [0.05, 0.1) is 5.02 Å². The van der Waals surface area contributed by atoms with E-state index in [0.29, 0.717) is 21.2 Å². The molecule has 2 N–H and O–H groups in total. The highest BCUT2D eigenvalue weighted by molar-refractivity contribution is 7.16. The lowest BCUT2D eigenvalue weighted by atomic mass is 10.1. The molecule has 0 bridgehead atoms. The minimum absolute atomic E-state index is 0.0930. The van der Waals surface area contributed by atoms with Gasteiger partial charge in [0.15, 0.2) is 11.6 Å². The average molecular weight is 408 g/mol. The molecule has 0 saturated heterocycles. The summed E-state index contributed by atoms with van der Waals surface area (Å²) in [5, 5.41) is 9.16. The summed E-state index contributed by atoms with van der Waals surface area (Å²) >= 11 is 13.5. The first kappa shape index (κ1) is 18.5. The molecule has 8 heteroatoms. The van der Waals surface area contributed by atoms with E-state index in [9.17, 15) is 4.39 Å². The summed E-state index contributed by atoms with van der Waals surface area (Å²) in [6.07, 6.45) is 0.949. The fourth-order valence-corrected chi connectivity index (χ4v) is 3.86. The zero-order valence-electron chi connectivity index (χ0n) is 13.5. The Morgan fingerprint density at radius 3 is 2.77 bits per heavy atom. The molecule has 26 heavy (non-hydrogen) atoms. The molecule has 0 amide bonds. The molecule has 0 unspecified atom stereocenters. The Labute approximate surface area is 163 Å². The van der Waals surface area contributed by atoms with Crippen molar-refractivity contribution in [2.45, 2.75) is 13.0 Å². The highest BCUT2D eigenvalue weighted by Crippen LogP contribution is 2.37. The van der Waals surface area contributed by atoms with Gasteiger partial charge in [0.25, 0.3) is 0 Å². The van der Waals surface area contributed by atoms with Gasteiger partial charge in [0.2, 0.25) is 0 Å². The van der Waals surface area contributed by atoms with Crippen molar-refractivity contribution in [2.24, 2.45) is 0 Å². The van der Waals surface area contributed by atoms with Gasteiger partial charge in [0.1, 0.15) is 22.9 Å². The molecule has 0 spiro atoms. The minimum Gasteiger partial charge on any atom is -0.482 e. The van der Waals surface area contributed by atoms with E-state index in [4.69, 9.17) is 38.9 Å². The molecule has 2 heterocycles. The normalized spacial score (nSPS) is 11.8. The maximum absolute atomic E-state index is 13.8. The summed E-state index contributed by atoms with van der Waals surface area (Å²) in [6, 6.07) is 9.98.